The van der Waals surface area contributed by atoms with Crippen molar-refractivity contribution in [3.63, 3.8) is 0 Å². The van der Waals surface area contributed by atoms with E-state index < -0.39 is 0 Å². The molecule has 0 unspecified atom stereocenters. The van der Waals surface area contributed by atoms with Crippen LogP contribution in [0.25, 0.3) is 0 Å². The van der Waals surface area contributed by atoms with E-state index in [4.69, 9.17) is 0 Å². The highest BCUT2D eigenvalue weighted by molar-refractivity contribution is 5.74. The van der Waals surface area contributed by atoms with Crippen LogP contribution in [-0.4, -0.2) is 43.7 Å². The van der Waals surface area contributed by atoms with Gasteiger partial charge in [0.1, 0.15) is 0 Å². The number of urea groups is 1. The van der Waals surface area contributed by atoms with Gasteiger partial charge in [-0.3, -0.25) is 0 Å². The summed E-state index contributed by atoms with van der Waals surface area (Å²) in [6, 6.07) is 0.0549. The van der Waals surface area contributed by atoms with E-state index in [9.17, 15) is 4.79 Å². The van der Waals surface area contributed by atoms with Crippen LogP contribution in [0.2, 0.25) is 0 Å². The molecule has 4 heteroatoms. The highest BCUT2D eigenvalue weighted by atomic mass is 16.2. The molecule has 2 atom stereocenters. The first-order chi connectivity index (χ1) is 6.81. The van der Waals surface area contributed by atoms with Crippen molar-refractivity contribution in [2.75, 3.05) is 32.7 Å². The predicted molar refractivity (Wildman–Crippen MR) is 55.0 cm³/mol. The van der Waals surface area contributed by atoms with Gasteiger partial charge in [0.2, 0.25) is 0 Å². The van der Waals surface area contributed by atoms with Gasteiger partial charge in [-0.1, -0.05) is 6.08 Å². The van der Waals surface area contributed by atoms with Gasteiger partial charge in [0.05, 0.1) is 0 Å². The van der Waals surface area contributed by atoms with Gasteiger partial charge in [0.25, 0.3) is 0 Å². The van der Waals surface area contributed by atoms with E-state index in [0.29, 0.717) is 18.4 Å². The molecular weight excluding hydrogens is 178 g/mol. The lowest BCUT2D eigenvalue weighted by atomic mass is 10.0. The fourth-order valence-corrected chi connectivity index (χ4v) is 2.29. The fourth-order valence-electron chi connectivity index (χ4n) is 2.29. The molecule has 2 saturated heterocycles. The lowest BCUT2D eigenvalue weighted by Gasteiger charge is -2.17. The zero-order valence-electron chi connectivity index (χ0n) is 8.33. The van der Waals surface area contributed by atoms with Crippen molar-refractivity contribution in [2.45, 2.75) is 0 Å². The number of fused-ring (bicyclic) bond motifs is 1. The summed E-state index contributed by atoms with van der Waals surface area (Å²) in [6.45, 7) is 8.07. The van der Waals surface area contributed by atoms with Crippen molar-refractivity contribution in [3.05, 3.63) is 12.7 Å². The lowest BCUT2D eigenvalue weighted by Crippen LogP contribution is -2.39. The second kappa shape index (κ2) is 4.00. The third-order valence-corrected chi connectivity index (χ3v) is 3.07. The third-order valence-electron chi connectivity index (χ3n) is 3.07. The second-order valence-electron chi connectivity index (χ2n) is 4.06. The zero-order chi connectivity index (χ0) is 9.97. The van der Waals surface area contributed by atoms with Gasteiger partial charge in [-0.2, -0.15) is 0 Å². The summed E-state index contributed by atoms with van der Waals surface area (Å²) in [7, 11) is 0. The normalized spacial score (nSPS) is 30.1. The van der Waals surface area contributed by atoms with Crippen LogP contribution in [0.1, 0.15) is 0 Å². The maximum atomic E-state index is 11.6. The number of carbonyl (C=O) groups excluding carboxylic acids is 1. The van der Waals surface area contributed by atoms with E-state index in [1.165, 1.54) is 0 Å². The van der Waals surface area contributed by atoms with Crippen molar-refractivity contribution in [1.82, 2.24) is 15.5 Å². The molecule has 78 valence electrons. The van der Waals surface area contributed by atoms with Gasteiger partial charge in [-0.05, 0) is 11.8 Å². The molecule has 2 rings (SSSR count). The van der Waals surface area contributed by atoms with E-state index in [1.807, 2.05) is 4.90 Å². The molecule has 2 aliphatic heterocycles. The van der Waals surface area contributed by atoms with Crippen LogP contribution < -0.4 is 10.6 Å². The number of nitrogens with one attached hydrogen (secondary N) is 2. The zero-order valence-corrected chi connectivity index (χ0v) is 8.33. The van der Waals surface area contributed by atoms with Crippen LogP contribution in [0.15, 0.2) is 12.7 Å². The van der Waals surface area contributed by atoms with E-state index in [2.05, 4.69) is 17.2 Å². The van der Waals surface area contributed by atoms with Gasteiger partial charge in [-0.25, -0.2) is 4.79 Å². The Kier molecular flexibility index (Phi) is 2.72. The summed E-state index contributed by atoms with van der Waals surface area (Å²) >= 11 is 0. The molecule has 4 nitrogen and oxygen atoms in total. The van der Waals surface area contributed by atoms with Gasteiger partial charge < -0.3 is 15.5 Å². The second-order valence-corrected chi connectivity index (χ2v) is 4.06. The topological polar surface area (TPSA) is 44.4 Å². The van der Waals surface area contributed by atoms with Gasteiger partial charge in [0.15, 0.2) is 0 Å². The molecule has 2 amide bonds. The van der Waals surface area contributed by atoms with Crippen LogP contribution >= 0.6 is 0 Å². The van der Waals surface area contributed by atoms with E-state index >= 15 is 0 Å². The molecule has 0 aliphatic carbocycles. The van der Waals surface area contributed by atoms with E-state index in [1.54, 1.807) is 6.08 Å². The number of carbonyl (C=O) groups is 1. The number of hydrogen-bond acceptors (Lipinski definition) is 2. The van der Waals surface area contributed by atoms with Crippen molar-refractivity contribution >= 4 is 6.03 Å². The maximum absolute atomic E-state index is 11.6. The molecule has 0 aromatic heterocycles. The minimum absolute atomic E-state index is 0.0549. The summed E-state index contributed by atoms with van der Waals surface area (Å²) in [4.78, 5) is 13.5. The molecule has 2 N–H and O–H groups in total. The van der Waals surface area contributed by atoms with Crippen LogP contribution in [0, 0.1) is 11.8 Å². The quantitative estimate of drug-likeness (QED) is 0.611. The molecule has 0 bridgehead atoms. The minimum atomic E-state index is 0.0549. The first-order valence-electron chi connectivity index (χ1n) is 5.15. The Bertz CT molecular complexity index is 230. The number of likely N-dealkylation sites (tertiary alicyclic amines) is 1. The highest BCUT2D eigenvalue weighted by Gasteiger charge is 2.37. The van der Waals surface area contributed by atoms with Crippen molar-refractivity contribution in [3.8, 4) is 0 Å². The summed E-state index contributed by atoms with van der Waals surface area (Å²) in [6.07, 6.45) is 1.70. The average Bonchev–Trinajstić information content (AvgIpc) is 2.72. The first kappa shape index (κ1) is 9.52. The average molecular weight is 195 g/mol. The first-order valence-corrected chi connectivity index (χ1v) is 5.15. The molecule has 0 aromatic carbocycles. The van der Waals surface area contributed by atoms with Crippen molar-refractivity contribution in [1.29, 1.82) is 0 Å². The Morgan fingerprint density at radius 2 is 2.14 bits per heavy atom. The Morgan fingerprint density at radius 1 is 1.50 bits per heavy atom. The molecule has 14 heavy (non-hydrogen) atoms. The molecule has 0 saturated carbocycles. The SMILES string of the molecule is C=CCNC(=O)N1C[C@H]2CNC[C@H]2C1. The molecular formula is C10H17N3O. The Labute approximate surface area is 84.3 Å². The summed E-state index contributed by atoms with van der Waals surface area (Å²) in [5, 5.41) is 6.16. The maximum Gasteiger partial charge on any atom is 0.317 e. The minimum Gasteiger partial charge on any atom is -0.335 e. The third kappa shape index (κ3) is 1.75. The molecule has 0 aromatic rings. The summed E-state index contributed by atoms with van der Waals surface area (Å²) in [5.74, 6) is 1.34. The molecule has 0 spiro atoms. The Hall–Kier alpha value is -1.03. The monoisotopic (exact) mass is 195 g/mol. The Balaban J connectivity index is 1.83. The smallest absolute Gasteiger partial charge is 0.317 e. The standard InChI is InChI=1S/C10H17N3O/c1-2-3-12-10(14)13-6-8-4-11-5-9(8)7-13/h2,8-9,11H,1,3-7H2,(H,12,14)/t8-,9+. The lowest BCUT2D eigenvalue weighted by molar-refractivity contribution is 0.206. The molecule has 2 heterocycles. The van der Waals surface area contributed by atoms with Crippen LogP contribution in [0.3, 0.4) is 0 Å². The van der Waals surface area contributed by atoms with E-state index in [-0.39, 0.29) is 6.03 Å². The number of nitrogens with zero attached hydrogens (tertiary/aromatic N) is 1. The van der Waals surface area contributed by atoms with Gasteiger partial charge in [-0.15, -0.1) is 6.58 Å². The summed E-state index contributed by atoms with van der Waals surface area (Å²) in [5.41, 5.74) is 0. The molecule has 2 fully saturated rings. The number of rotatable bonds is 2. The summed E-state index contributed by atoms with van der Waals surface area (Å²) < 4.78 is 0. The predicted octanol–water partition coefficient (Wildman–Crippen LogP) is 0.0332. The van der Waals surface area contributed by atoms with Crippen molar-refractivity contribution < 1.29 is 4.79 Å². The molecule has 0 radical (unpaired) electrons. The van der Waals surface area contributed by atoms with Crippen LogP contribution in [0.5, 0.6) is 0 Å². The van der Waals surface area contributed by atoms with Gasteiger partial charge >= 0.3 is 6.03 Å². The highest BCUT2D eigenvalue weighted by Crippen LogP contribution is 2.25. The Morgan fingerprint density at radius 3 is 2.71 bits per heavy atom. The van der Waals surface area contributed by atoms with Gasteiger partial charge in [0, 0.05) is 32.7 Å². The number of hydrogen-bond donors (Lipinski definition) is 2. The largest absolute Gasteiger partial charge is 0.335 e. The molecule has 2 aliphatic rings. The fraction of sp³-hybridized carbons (Fsp3) is 0.700. The van der Waals surface area contributed by atoms with Crippen molar-refractivity contribution in [2.24, 2.45) is 11.8 Å². The van der Waals surface area contributed by atoms with Crippen LogP contribution in [0.4, 0.5) is 4.79 Å². The number of amides is 2. The van der Waals surface area contributed by atoms with Crippen LogP contribution in [-0.2, 0) is 0 Å². The van der Waals surface area contributed by atoms with E-state index in [0.717, 1.165) is 26.2 Å².